The average molecular weight is 270 g/mol. The van der Waals surface area contributed by atoms with Gasteiger partial charge in [0, 0.05) is 5.39 Å². The molecule has 0 fully saturated rings. The molecule has 0 spiro atoms. The van der Waals surface area contributed by atoms with Gasteiger partial charge < -0.3 is 15.5 Å². The highest BCUT2D eigenvalue weighted by atomic mass is 16.5. The van der Waals surface area contributed by atoms with Gasteiger partial charge in [0.05, 0.1) is 11.1 Å². The molecule has 0 atom stereocenters. The molecule has 0 saturated carbocycles. The van der Waals surface area contributed by atoms with E-state index in [0.29, 0.717) is 12.4 Å². The van der Waals surface area contributed by atoms with Gasteiger partial charge in [-0.2, -0.15) is 0 Å². The molecule has 5 heteroatoms. The summed E-state index contributed by atoms with van der Waals surface area (Å²) in [5.74, 6) is 1.23. The smallest absolute Gasteiger partial charge is 0.150 e. The Morgan fingerprint density at radius 1 is 1.20 bits per heavy atom. The number of pyridine rings is 1. The quantitative estimate of drug-likeness (QED) is 0.750. The van der Waals surface area contributed by atoms with Crippen molar-refractivity contribution in [1.29, 1.82) is 0 Å². The number of fused-ring (bicyclic) bond motifs is 3. The monoisotopic (exact) mass is 270 g/mol. The second-order valence-corrected chi connectivity index (χ2v) is 5.82. The van der Waals surface area contributed by atoms with E-state index in [1.165, 1.54) is 0 Å². The van der Waals surface area contributed by atoms with Crippen LogP contribution in [0.2, 0.25) is 0 Å². The average Bonchev–Trinajstić information content (AvgIpc) is 2.81. The lowest BCUT2D eigenvalue weighted by molar-refractivity contribution is -0.0177. The van der Waals surface area contributed by atoms with Gasteiger partial charge in [-0.3, -0.25) is 0 Å². The van der Waals surface area contributed by atoms with E-state index >= 15 is 0 Å². The van der Waals surface area contributed by atoms with Crippen LogP contribution in [0.1, 0.15) is 26.6 Å². The van der Waals surface area contributed by atoms with Crippen LogP contribution in [-0.4, -0.2) is 20.6 Å². The molecule has 1 aromatic carbocycles. The number of rotatable bonds is 2. The van der Waals surface area contributed by atoms with E-state index < -0.39 is 0 Å². The van der Waals surface area contributed by atoms with Crippen molar-refractivity contribution >= 4 is 27.8 Å². The standard InChI is InChI=1S/C15H18N4O/c1-15(2,3)20-8-11-18-12-9-6-4-5-7-10(9)17-14(16)13(12)19-11/h4-7H,8H2,1-3H3,(H2,16,17)(H,18,19). The molecule has 0 aliphatic rings. The summed E-state index contributed by atoms with van der Waals surface area (Å²) < 4.78 is 5.74. The molecule has 0 saturated heterocycles. The number of benzene rings is 1. The Hall–Kier alpha value is -2.14. The highest BCUT2D eigenvalue weighted by Crippen LogP contribution is 2.26. The van der Waals surface area contributed by atoms with Crippen molar-refractivity contribution < 1.29 is 4.74 Å². The molecule has 5 nitrogen and oxygen atoms in total. The van der Waals surface area contributed by atoms with Crippen LogP contribution in [0.25, 0.3) is 21.9 Å². The molecule has 104 valence electrons. The fourth-order valence-corrected chi connectivity index (χ4v) is 2.11. The van der Waals surface area contributed by atoms with Crippen molar-refractivity contribution in [3.8, 4) is 0 Å². The number of para-hydroxylation sites is 1. The number of hydrogen-bond donors (Lipinski definition) is 2. The van der Waals surface area contributed by atoms with Crippen LogP contribution in [-0.2, 0) is 11.3 Å². The maximum absolute atomic E-state index is 5.99. The first-order valence-corrected chi connectivity index (χ1v) is 6.61. The third kappa shape index (κ3) is 2.32. The zero-order valence-electron chi connectivity index (χ0n) is 11.9. The molecule has 3 rings (SSSR count). The molecule has 20 heavy (non-hydrogen) atoms. The van der Waals surface area contributed by atoms with Gasteiger partial charge in [0.25, 0.3) is 0 Å². The third-order valence-electron chi connectivity index (χ3n) is 3.05. The predicted molar refractivity (Wildman–Crippen MR) is 80.3 cm³/mol. The first-order chi connectivity index (χ1) is 9.44. The number of nitrogens with one attached hydrogen (secondary N) is 1. The maximum Gasteiger partial charge on any atom is 0.150 e. The fourth-order valence-electron chi connectivity index (χ4n) is 2.11. The van der Waals surface area contributed by atoms with Crippen LogP contribution >= 0.6 is 0 Å². The number of anilines is 1. The van der Waals surface area contributed by atoms with E-state index in [-0.39, 0.29) is 5.60 Å². The molecule has 3 N–H and O–H groups in total. The van der Waals surface area contributed by atoms with Crippen molar-refractivity contribution in [1.82, 2.24) is 15.0 Å². The van der Waals surface area contributed by atoms with E-state index in [9.17, 15) is 0 Å². The van der Waals surface area contributed by atoms with Gasteiger partial charge in [-0.15, -0.1) is 0 Å². The predicted octanol–water partition coefficient (Wildman–Crippen LogP) is 3.01. The first kappa shape index (κ1) is 12.9. The minimum atomic E-state index is -0.204. The molecule has 0 amide bonds. The SMILES string of the molecule is CC(C)(C)OCc1nc2c([nH]1)c(N)nc1ccccc12. The van der Waals surface area contributed by atoms with Crippen LogP contribution in [0.3, 0.4) is 0 Å². The lowest BCUT2D eigenvalue weighted by Gasteiger charge is -2.18. The van der Waals surface area contributed by atoms with Gasteiger partial charge in [-0.25, -0.2) is 9.97 Å². The Labute approximate surface area is 117 Å². The fraction of sp³-hybridized carbons (Fsp3) is 0.333. The van der Waals surface area contributed by atoms with Gasteiger partial charge in [0.2, 0.25) is 0 Å². The van der Waals surface area contributed by atoms with Crippen LogP contribution in [0, 0.1) is 0 Å². The molecular formula is C15H18N4O. The maximum atomic E-state index is 5.99. The lowest BCUT2D eigenvalue weighted by Crippen LogP contribution is -2.19. The van der Waals surface area contributed by atoms with E-state index in [1.54, 1.807) is 0 Å². The summed E-state index contributed by atoms with van der Waals surface area (Å²) in [6.45, 7) is 6.47. The minimum absolute atomic E-state index is 0.204. The number of nitrogens with zero attached hydrogens (tertiary/aromatic N) is 2. The van der Waals surface area contributed by atoms with E-state index in [1.807, 2.05) is 45.0 Å². The van der Waals surface area contributed by atoms with Gasteiger partial charge >= 0.3 is 0 Å². The van der Waals surface area contributed by atoms with Crippen LogP contribution in [0.5, 0.6) is 0 Å². The van der Waals surface area contributed by atoms with E-state index in [0.717, 1.165) is 27.8 Å². The van der Waals surface area contributed by atoms with Gasteiger partial charge in [0.1, 0.15) is 29.3 Å². The highest BCUT2D eigenvalue weighted by molar-refractivity contribution is 6.05. The minimum Gasteiger partial charge on any atom is -0.382 e. The van der Waals surface area contributed by atoms with Crippen LogP contribution < -0.4 is 5.73 Å². The molecule has 0 radical (unpaired) electrons. The number of aromatic nitrogens is 3. The second kappa shape index (κ2) is 4.45. The molecule has 3 aromatic rings. The number of nitrogen functional groups attached to an aromatic ring is 1. The topological polar surface area (TPSA) is 76.8 Å². The zero-order chi connectivity index (χ0) is 14.3. The summed E-state index contributed by atoms with van der Waals surface area (Å²) in [4.78, 5) is 12.2. The molecule has 0 aliphatic heterocycles. The molecule has 0 unspecified atom stereocenters. The Morgan fingerprint density at radius 2 is 1.95 bits per heavy atom. The first-order valence-electron chi connectivity index (χ1n) is 6.61. The number of imidazole rings is 1. The number of hydrogen-bond acceptors (Lipinski definition) is 4. The van der Waals surface area contributed by atoms with E-state index in [2.05, 4.69) is 15.0 Å². The third-order valence-corrected chi connectivity index (χ3v) is 3.05. The normalized spacial score (nSPS) is 12.3. The van der Waals surface area contributed by atoms with Crippen molar-refractivity contribution in [2.45, 2.75) is 33.0 Å². The highest BCUT2D eigenvalue weighted by Gasteiger charge is 2.14. The summed E-state index contributed by atoms with van der Waals surface area (Å²) in [7, 11) is 0. The van der Waals surface area contributed by atoms with Gasteiger partial charge in [-0.1, -0.05) is 18.2 Å². The summed E-state index contributed by atoms with van der Waals surface area (Å²) in [5, 5.41) is 0.995. The lowest BCUT2D eigenvalue weighted by atomic mass is 10.2. The zero-order valence-corrected chi connectivity index (χ0v) is 11.9. The summed E-state index contributed by atoms with van der Waals surface area (Å²) in [6.07, 6.45) is 0. The molecule has 2 aromatic heterocycles. The van der Waals surface area contributed by atoms with Crippen LogP contribution in [0.15, 0.2) is 24.3 Å². The van der Waals surface area contributed by atoms with Crippen molar-refractivity contribution in [2.24, 2.45) is 0 Å². The number of aromatic amines is 1. The Morgan fingerprint density at radius 3 is 2.70 bits per heavy atom. The summed E-state index contributed by atoms with van der Waals surface area (Å²) in [6, 6.07) is 7.85. The number of nitrogens with two attached hydrogens (primary N) is 1. The Balaban J connectivity index is 2.10. The Kier molecular flexibility index (Phi) is 2.87. The number of ether oxygens (including phenoxy) is 1. The largest absolute Gasteiger partial charge is 0.382 e. The second-order valence-electron chi connectivity index (χ2n) is 5.82. The number of H-pyrrole nitrogens is 1. The molecule has 2 heterocycles. The van der Waals surface area contributed by atoms with Crippen molar-refractivity contribution in [3.05, 3.63) is 30.1 Å². The molecule has 0 aliphatic carbocycles. The molecular weight excluding hydrogens is 252 g/mol. The summed E-state index contributed by atoms with van der Waals surface area (Å²) >= 11 is 0. The van der Waals surface area contributed by atoms with Gasteiger partial charge in [-0.05, 0) is 26.8 Å². The van der Waals surface area contributed by atoms with Gasteiger partial charge in [0.15, 0.2) is 0 Å². The van der Waals surface area contributed by atoms with E-state index in [4.69, 9.17) is 10.5 Å². The molecule has 0 bridgehead atoms. The Bertz CT molecular complexity index is 770. The van der Waals surface area contributed by atoms with Crippen molar-refractivity contribution in [2.75, 3.05) is 5.73 Å². The summed E-state index contributed by atoms with van der Waals surface area (Å²) in [5.41, 5.74) is 8.27. The van der Waals surface area contributed by atoms with Crippen LogP contribution in [0.4, 0.5) is 5.82 Å². The van der Waals surface area contributed by atoms with Crippen molar-refractivity contribution in [3.63, 3.8) is 0 Å².